The molecule has 1 aliphatic heterocycles. The molecule has 2 aromatic rings. The molecular formula is C16H20N4OS. The van der Waals surface area contributed by atoms with E-state index in [1.807, 2.05) is 24.9 Å². The number of aryl methyl sites for hydroxylation is 2. The molecule has 0 atom stereocenters. The number of aromatic nitrogens is 3. The summed E-state index contributed by atoms with van der Waals surface area (Å²) in [6, 6.07) is 0. The summed E-state index contributed by atoms with van der Waals surface area (Å²) in [7, 11) is 0. The van der Waals surface area contributed by atoms with E-state index in [1.165, 1.54) is 11.3 Å². The zero-order valence-corrected chi connectivity index (χ0v) is 14.2. The van der Waals surface area contributed by atoms with Crippen LogP contribution in [0.5, 0.6) is 0 Å². The van der Waals surface area contributed by atoms with E-state index >= 15 is 0 Å². The molecule has 0 N–H and O–H groups in total. The van der Waals surface area contributed by atoms with Crippen LogP contribution in [0.25, 0.3) is 0 Å². The molecule has 116 valence electrons. The fourth-order valence-electron chi connectivity index (χ4n) is 2.51. The van der Waals surface area contributed by atoms with Crippen LogP contribution < -0.4 is 0 Å². The molecule has 0 bridgehead atoms. The Morgan fingerprint density at radius 1 is 1.36 bits per heavy atom. The molecule has 1 aliphatic rings. The van der Waals surface area contributed by atoms with Crippen LogP contribution in [0, 0.1) is 6.92 Å². The van der Waals surface area contributed by atoms with Crippen molar-refractivity contribution in [2.75, 3.05) is 0 Å². The standard InChI is InChI=1S/C16H20N4OS/c1-5-13-17-6-11-7-20(8-12(11)19-13)16(21)14-10(4)18-15(22-14)9(2)3/h6,9H,5,7-8H2,1-4H3. The van der Waals surface area contributed by atoms with Crippen molar-refractivity contribution in [2.24, 2.45) is 0 Å². The zero-order valence-electron chi connectivity index (χ0n) is 13.4. The molecule has 0 aromatic carbocycles. The minimum atomic E-state index is 0.0537. The van der Waals surface area contributed by atoms with E-state index in [4.69, 9.17) is 0 Å². The summed E-state index contributed by atoms with van der Waals surface area (Å²) >= 11 is 1.51. The van der Waals surface area contributed by atoms with Crippen LogP contribution in [-0.4, -0.2) is 25.8 Å². The number of carbonyl (C=O) groups is 1. The first-order valence-electron chi connectivity index (χ1n) is 7.59. The Kier molecular flexibility index (Phi) is 3.95. The van der Waals surface area contributed by atoms with Crippen molar-refractivity contribution in [3.05, 3.63) is 38.9 Å². The normalized spacial score (nSPS) is 13.8. The molecule has 5 nitrogen and oxygen atoms in total. The van der Waals surface area contributed by atoms with Gasteiger partial charge in [-0.1, -0.05) is 20.8 Å². The van der Waals surface area contributed by atoms with Gasteiger partial charge in [0.2, 0.25) is 0 Å². The fourth-order valence-corrected chi connectivity index (χ4v) is 3.55. The van der Waals surface area contributed by atoms with Gasteiger partial charge in [0.15, 0.2) is 0 Å². The second kappa shape index (κ2) is 5.76. The van der Waals surface area contributed by atoms with Gasteiger partial charge in [0.05, 0.1) is 22.9 Å². The third-order valence-electron chi connectivity index (χ3n) is 3.81. The van der Waals surface area contributed by atoms with E-state index in [-0.39, 0.29) is 5.91 Å². The minimum Gasteiger partial charge on any atom is -0.328 e. The maximum Gasteiger partial charge on any atom is 0.266 e. The number of thiazole rings is 1. The van der Waals surface area contributed by atoms with Crippen LogP contribution >= 0.6 is 11.3 Å². The predicted molar refractivity (Wildman–Crippen MR) is 85.9 cm³/mol. The lowest BCUT2D eigenvalue weighted by molar-refractivity contribution is 0.0754. The topological polar surface area (TPSA) is 59.0 Å². The molecule has 0 unspecified atom stereocenters. The third-order valence-corrected chi connectivity index (χ3v) is 5.26. The van der Waals surface area contributed by atoms with Crippen molar-refractivity contribution in [2.45, 2.75) is 53.1 Å². The lowest BCUT2D eigenvalue weighted by Gasteiger charge is -2.13. The van der Waals surface area contributed by atoms with E-state index in [1.54, 1.807) is 0 Å². The van der Waals surface area contributed by atoms with E-state index in [0.717, 1.165) is 39.1 Å². The van der Waals surface area contributed by atoms with E-state index in [9.17, 15) is 4.79 Å². The summed E-state index contributed by atoms with van der Waals surface area (Å²) in [5.74, 6) is 1.24. The summed E-state index contributed by atoms with van der Waals surface area (Å²) in [5.41, 5.74) is 2.86. The molecule has 3 rings (SSSR count). The average Bonchev–Trinajstić information content (AvgIpc) is 3.09. The number of hydrogen-bond donors (Lipinski definition) is 0. The first-order chi connectivity index (χ1) is 10.5. The summed E-state index contributed by atoms with van der Waals surface area (Å²) < 4.78 is 0. The van der Waals surface area contributed by atoms with Crippen LogP contribution in [0.1, 0.15) is 64.1 Å². The molecule has 1 amide bonds. The Morgan fingerprint density at radius 3 is 2.77 bits per heavy atom. The largest absolute Gasteiger partial charge is 0.328 e. The molecule has 2 aromatic heterocycles. The van der Waals surface area contributed by atoms with Crippen LogP contribution in [0.2, 0.25) is 0 Å². The van der Waals surface area contributed by atoms with Crippen molar-refractivity contribution >= 4 is 17.2 Å². The van der Waals surface area contributed by atoms with Gasteiger partial charge in [-0.05, 0) is 6.92 Å². The summed E-state index contributed by atoms with van der Waals surface area (Å²) in [6.45, 7) is 9.30. The maximum atomic E-state index is 12.8. The van der Waals surface area contributed by atoms with Gasteiger partial charge in [0.1, 0.15) is 10.7 Å². The van der Waals surface area contributed by atoms with Crippen molar-refractivity contribution in [1.82, 2.24) is 19.9 Å². The molecule has 22 heavy (non-hydrogen) atoms. The van der Waals surface area contributed by atoms with Gasteiger partial charge >= 0.3 is 0 Å². The minimum absolute atomic E-state index is 0.0537. The smallest absolute Gasteiger partial charge is 0.266 e. The van der Waals surface area contributed by atoms with E-state index in [0.29, 0.717) is 19.0 Å². The van der Waals surface area contributed by atoms with Gasteiger partial charge < -0.3 is 4.90 Å². The van der Waals surface area contributed by atoms with Gasteiger partial charge in [-0.15, -0.1) is 11.3 Å². The van der Waals surface area contributed by atoms with Gasteiger partial charge in [-0.2, -0.15) is 0 Å². The lowest BCUT2D eigenvalue weighted by Crippen LogP contribution is -2.25. The van der Waals surface area contributed by atoms with Gasteiger partial charge in [0, 0.05) is 30.6 Å². The van der Waals surface area contributed by atoms with Crippen LogP contribution in [0.3, 0.4) is 0 Å². The summed E-state index contributed by atoms with van der Waals surface area (Å²) in [4.78, 5) is 28.7. The molecule has 3 heterocycles. The quantitative estimate of drug-likeness (QED) is 0.873. The fraction of sp³-hybridized carbons (Fsp3) is 0.500. The highest BCUT2D eigenvalue weighted by atomic mass is 32.1. The first kappa shape index (κ1) is 15.1. The third kappa shape index (κ3) is 2.63. The first-order valence-corrected chi connectivity index (χ1v) is 8.41. The maximum absolute atomic E-state index is 12.8. The van der Waals surface area contributed by atoms with Crippen molar-refractivity contribution < 1.29 is 4.79 Å². The number of rotatable bonds is 3. The second-order valence-corrected chi connectivity index (χ2v) is 6.92. The number of amides is 1. The molecular weight excluding hydrogens is 296 g/mol. The van der Waals surface area contributed by atoms with E-state index in [2.05, 4.69) is 28.8 Å². The number of carbonyl (C=O) groups excluding carboxylic acids is 1. The highest BCUT2D eigenvalue weighted by Crippen LogP contribution is 2.28. The predicted octanol–water partition coefficient (Wildman–Crippen LogP) is 3.08. The number of fused-ring (bicyclic) bond motifs is 1. The highest BCUT2D eigenvalue weighted by Gasteiger charge is 2.28. The van der Waals surface area contributed by atoms with E-state index < -0.39 is 0 Å². The van der Waals surface area contributed by atoms with Crippen molar-refractivity contribution in [3.63, 3.8) is 0 Å². The number of hydrogen-bond acceptors (Lipinski definition) is 5. The van der Waals surface area contributed by atoms with Gasteiger partial charge in [0.25, 0.3) is 5.91 Å². The highest BCUT2D eigenvalue weighted by molar-refractivity contribution is 7.13. The van der Waals surface area contributed by atoms with Crippen LogP contribution in [0.4, 0.5) is 0 Å². The summed E-state index contributed by atoms with van der Waals surface area (Å²) in [6.07, 6.45) is 2.67. The SMILES string of the molecule is CCc1ncc2c(n1)CN(C(=O)c1sc(C(C)C)nc1C)C2. The van der Waals surface area contributed by atoms with Gasteiger partial charge in [-0.3, -0.25) is 4.79 Å². The monoisotopic (exact) mass is 316 g/mol. The Hall–Kier alpha value is -1.82. The molecule has 0 radical (unpaired) electrons. The Balaban J connectivity index is 1.83. The molecule has 0 aliphatic carbocycles. The van der Waals surface area contributed by atoms with Crippen molar-refractivity contribution in [1.29, 1.82) is 0 Å². The van der Waals surface area contributed by atoms with Crippen LogP contribution in [-0.2, 0) is 19.5 Å². The van der Waals surface area contributed by atoms with Crippen molar-refractivity contribution in [3.8, 4) is 0 Å². The molecule has 6 heteroatoms. The molecule has 0 spiro atoms. The van der Waals surface area contributed by atoms with Gasteiger partial charge in [-0.25, -0.2) is 15.0 Å². The Morgan fingerprint density at radius 2 is 2.14 bits per heavy atom. The van der Waals surface area contributed by atoms with Crippen LogP contribution in [0.15, 0.2) is 6.20 Å². The second-order valence-electron chi connectivity index (χ2n) is 5.89. The zero-order chi connectivity index (χ0) is 15.9. The Bertz CT molecular complexity index is 723. The molecule has 0 fully saturated rings. The number of nitrogens with zero attached hydrogens (tertiary/aromatic N) is 4. The summed E-state index contributed by atoms with van der Waals surface area (Å²) in [5, 5.41) is 1.02. The molecule has 0 saturated carbocycles. The lowest BCUT2D eigenvalue weighted by atomic mass is 10.2. The average molecular weight is 316 g/mol. The Labute approximate surface area is 134 Å². The molecule has 0 saturated heterocycles.